The van der Waals surface area contributed by atoms with Crippen LogP contribution in [-0.4, -0.2) is 28.5 Å². The normalized spacial score (nSPS) is 11.9. The van der Waals surface area contributed by atoms with Crippen molar-refractivity contribution in [2.75, 3.05) is 7.11 Å². The molecular formula is C17H17N3O3S2. The average Bonchev–Trinajstić information content (AvgIpc) is 3.31. The van der Waals surface area contributed by atoms with Gasteiger partial charge in [-0.25, -0.2) is 0 Å². The molecule has 1 amide bonds. The first-order valence-electron chi connectivity index (χ1n) is 7.60. The van der Waals surface area contributed by atoms with Crippen molar-refractivity contribution in [3.05, 3.63) is 47.3 Å². The van der Waals surface area contributed by atoms with E-state index in [9.17, 15) is 4.79 Å². The lowest BCUT2D eigenvalue weighted by Gasteiger charge is -2.10. The van der Waals surface area contributed by atoms with Crippen LogP contribution >= 0.6 is 23.1 Å². The Morgan fingerprint density at radius 2 is 2.12 bits per heavy atom. The van der Waals surface area contributed by atoms with Gasteiger partial charge in [-0.1, -0.05) is 30.0 Å². The molecule has 25 heavy (non-hydrogen) atoms. The molecule has 6 nitrogen and oxygen atoms in total. The van der Waals surface area contributed by atoms with Crippen LogP contribution in [0.15, 0.2) is 51.4 Å². The number of ether oxygens (including phenoxy) is 1. The SMILES string of the molecule is COc1ccc(CNC(=O)[C@H](C)Sc2nnc(-c3cccs3)o2)cc1. The van der Waals surface area contributed by atoms with Gasteiger partial charge in [-0.3, -0.25) is 4.79 Å². The Labute approximate surface area is 153 Å². The van der Waals surface area contributed by atoms with Crippen LogP contribution in [0, 0.1) is 0 Å². The molecular weight excluding hydrogens is 358 g/mol. The highest BCUT2D eigenvalue weighted by Crippen LogP contribution is 2.28. The fourth-order valence-corrected chi connectivity index (χ4v) is 3.39. The number of hydrogen-bond donors (Lipinski definition) is 1. The monoisotopic (exact) mass is 375 g/mol. The first-order chi connectivity index (χ1) is 12.2. The molecule has 0 aliphatic carbocycles. The Balaban J connectivity index is 1.52. The molecule has 3 rings (SSSR count). The van der Waals surface area contributed by atoms with Crippen LogP contribution in [0.5, 0.6) is 5.75 Å². The van der Waals surface area contributed by atoms with Crippen molar-refractivity contribution in [3.63, 3.8) is 0 Å². The molecule has 1 aromatic carbocycles. The number of benzene rings is 1. The van der Waals surface area contributed by atoms with Crippen LogP contribution in [0.3, 0.4) is 0 Å². The molecule has 0 bridgehead atoms. The standard InChI is InChI=1S/C17H17N3O3S2/c1-11(15(21)18-10-12-5-7-13(22-2)8-6-12)25-17-20-19-16(23-17)14-4-3-9-24-14/h3-9,11H,10H2,1-2H3,(H,18,21)/t11-/m0/s1. The van der Waals surface area contributed by atoms with Crippen molar-refractivity contribution in [2.24, 2.45) is 0 Å². The van der Waals surface area contributed by atoms with E-state index in [-0.39, 0.29) is 11.2 Å². The zero-order valence-corrected chi connectivity index (χ0v) is 15.4. The number of rotatable bonds is 7. The Hall–Kier alpha value is -2.32. The predicted molar refractivity (Wildman–Crippen MR) is 97.8 cm³/mol. The molecule has 8 heteroatoms. The molecule has 2 aromatic heterocycles. The number of amides is 1. The summed E-state index contributed by atoms with van der Waals surface area (Å²) in [4.78, 5) is 13.1. The third-order valence-electron chi connectivity index (χ3n) is 3.41. The number of nitrogens with zero attached hydrogens (tertiary/aromatic N) is 2. The Morgan fingerprint density at radius 3 is 2.80 bits per heavy atom. The molecule has 1 atom stereocenters. The maximum absolute atomic E-state index is 12.2. The molecule has 130 valence electrons. The number of aromatic nitrogens is 2. The van der Waals surface area contributed by atoms with Crippen molar-refractivity contribution in [2.45, 2.75) is 23.9 Å². The topological polar surface area (TPSA) is 77.2 Å². The van der Waals surface area contributed by atoms with Crippen LogP contribution in [0.25, 0.3) is 10.8 Å². The second-order valence-electron chi connectivity index (χ2n) is 5.18. The molecule has 0 aliphatic rings. The fourth-order valence-electron chi connectivity index (χ4n) is 2.04. The van der Waals surface area contributed by atoms with Gasteiger partial charge in [0, 0.05) is 6.54 Å². The number of thiophene rings is 1. The van der Waals surface area contributed by atoms with Gasteiger partial charge in [-0.05, 0) is 36.1 Å². The zero-order chi connectivity index (χ0) is 17.6. The van der Waals surface area contributed by atoms with Crippen LogP contribution in [0.2, 0.25) is 0 Å². The van der Waals surface area contributed by atoms with Crippen molar-refractivity contribution in [3.8, 4) is 16.5 Å². The second-order valence-corrected chi connectivity index (χ2v) is 7.42. The lowest BCUT2D eigenvalue weighted by Crippen LogP contribution is -2.30. The van der Waals surface area contributed by atoms with Crippen LogP contribution in [0.1, 0.15) is 12.5 Å². The number of nitrogens with one attached hydrogen (secondary N) is 1. The van der Waals surface area contributed by atoms with Gasteiger partial charge in [-0.2, -0.15) is 0 Å². The van der Waals surface area contributed by atoms with E-state index < -0.39 is 0 Å². The summed E-state index contributed by atoms with van der Waals surface area (Å²) in [6.45, 7) is 2.26. The molecule has 0 saturated heterocycles. The lowest BCUT2D eigenvalue weighted by atomic mass is 10.2. The van der Waals surface area contributed by atoms with Crippen molar-refractivity contribution < 1.29 is 13.9 Å². The van der Waals surface area contributed by atoms with Crippen molar-refractivity contribution in [1.82, 2.24) is 15.5 Å². The van der Waals surface area contributed by atoms with Crippen LogP contribution < -0.4 is 10.1 Å². The minimum Gasteiger partial charge on any atom is -0.497 e. The lowest BCUT2D eigenvalue weighted by molar-refractivity contribution is -0.120. The van der Waals surface area contributed by atoms with E-state index in [4.69, 9.17) is 9.15 Å². The van der Waals surface area contributed by atoms with Gasteiger partial charge in [0.05, 0.1) is 17.2 Å². The minimum absolute atomic E-state index is 0.0864. The summed E-state index contributed by atoms with van der Waals surface area (Å²) in [7, 11) is 1.62. The number of carbonyl (C=O) groups excluding carboxylic acids is 1. The molecule has 0 radical (unpaired) electrons. The van der Waals surface area contributed by atoms with Crippen molar-refractivity contribution >= 4 is 29.0 Å². The maximum Gasteiger partial charge on any atom is 0.277 e. The molecule has 0 fully saturated rings. The highest BCUT2D eigenvalue weighted by atomic mass is 32.2. The summed E-state index contributed by atoms with van der Waals surface area (Å²) in [6.07, 6.45) is 0. The molecule has 0 aliphatic heterocycles. The molecule has 0 unspecified atom stereocenters. The summed E-state index contributed by atoms with van der Waals surface area (Å²) in [5.74, 6) is 1.18. The van der Waals surface area contributed by atoms with Gasteiger partial charge in [0.25, 0.3) is 11.1 Å². The summed E-state index contributed by atoms with van der Waals surface area (Å²) in [5, 5.41) is 12.9. The fraction of sp³-hybridized carbons (Fsp3) is 0.235. The van der Waals surface area contributed by atoms with Gasteiger partial charge in [-0.15, -0.1) is 21.5 Å². The second kappa shape index (κ2) is 8.17. The van der Waals surface area contributed by atoms with E-state index in [2.05, 4.69) is 15.5 Å². The van der Waals surface area contributed by atoms with E-state index in [1.807, 2.05) is 48.7 Å². The summed E-state index contributed by atoms with van der Waals surface area (Å²) >= 11 is 2.77. The van der Waals surface area contributed by atoms with Crippen molar-refractivity contribution in [1.29, 1.82) is 0 Å². The summed E-state index contributed by atoms with van der Waals surface area (Å²) < 4.78 is 10.7. The summed E-state index contributed by atoms with van der Waals surface area (Å²) in [6, 6.07) is 11.4. The highest BCUT2D eigenvalue weighted by Gasteiger charge is 2.18. The number of thioether (sulfide) groups is 1. The zero-order valence-electron chi connectivity index (χ0n) is 13.8. The first-order valence-corrected chi connectivity index (χ1v) is 9.36. The third kappa shape index (κ3) is 4.61. The molecule has 0 saturated carbocycles. The molecule has 3 aromatic rings. The van der Waals surface area contributed by atoms with Crippen LogP contribution in [-0.2, 0) is 11.3 Å². The smallest absolute Gasteiger partial charge is 0.277 e. The Kier molecular flexibility index (Phi) is 5.72. The van der Waals surface area contributed by atoms with Gasteiger partial charge >= 0.3 is 0 Å². The third-order valence-corrected chi connectivity index (χ3v) is 5.20. The average molecular weight is 375 g/mol. The van der Waals surface area contributed by atoms with Gasteiger partial charge in [0.2, 0.25) is 5.91 Å². The Morgan fingerprint density at radius 1 is 1.32 bits per heavy atom. The maximum atomic E-state index is 12.2. The Bertz CT molecular complexity index is 816. The highest BCUT2D eigenvalue weighted by molar-refractivity contribution is 8.00. The van der Waals surface area contributed by atoms with E-state index in [0.29, 0.717) is 17.7 Å². The van der Waals surface area contributed by atoms with E-state index in [1.165, 1.54) is 23.1 Å². The van der Waals surface area contributed by atoms with E-state index in [1.54, 1.807) is 7.11 Å². The largest absolute Gasteiger partial charge is 0.497 e. The van der Waals surface area contributed by atoms with E-state index >= 15 is 0 Å². The van der Waals surface area contributed by atoms with Crippen LogP contribution in [0.4, 0.5) is 0 Å². The quantitative estimate of drug-likeness (QED) is 0.636. The minimum atomic E-state index is -0.338. The number of carbonyl (C=O) groups is 1. The molecule has 0 spiro atoms. The van der Waals surface area contributed by atoms with Gasteiger partial charge < -0.3 is 14.5 Å². The summed E-state index contributed by atoms with van der Waals surface area (Å²) in [5.41, 5.74) is 1.00. The molecule has 1 N–H and O–H groups in total. The number of methoxy groups -OCH3 is 1. The van der Waals surface area contributed by atoms with Gasteiger partial charge in [0.1, 0.15) is 5.75 Å². The molecule has 2 heterocycles. The van der Waals surface area contributed by atoms with E-state index in [0.717, 1.165) is 16.2 Å². The predicted octanol–water partition coefficient (Wildman–Crippen LogP) is 3.60. The number of hydrogen-bond acceptors (Lipinski definition) is 7. The first kappa shape index (κ1) is 17.5. The van der Waals surface area contributed by atoms with Gasteiger partial charge in [0.15, 0.2) is 0 Å².